The van der Waals surface area contributed by atoms with Crippen LogP contribution in [0.2, 0.25) is 0 Å². The summed E-state index contributed by atoms with van der Waals surface area (Å²) < 4.78 is 4.95. The van der Waals surface area contributed by atoms with Crippen LogP contribution in [0, 0.1) is 6.92 Å². The Kier molecular flexibility index (Phi) is 4.06. The molecule has 7 heteroatoms. The van der Waals surface area contributed by atoms with Gasteiger partial charge in [-0.05, 0) is 43.8 Å². The monoisotopic (exact) mass is 278 g/mol. The Morgan fingerprint density at radius 1 is 1.53 bits per heavy atom. The lowest BCUT2D eigenvalue weighted by atomic mass is 10.2. The first kappa shape index (κ1) is 13.4. The Morgan fingerprint density at radius 2 is 2.32 bits per heavy atom. The van der Waals surface area contributed by atoms with Crippen molar-refractivity contribution in [3.63, 3.8) is 0 Å². The molecule has 2 rings (SSSR count). The van der Waals surface area contributed by atoms with E-state index in [4.69, 9.17) is 10.5 Å². The predicted molar refractivity (Wildman–Crippen MR) is 72.1 cm³/mol. The number of nitrogen functional groups attached to an aromatic ring is 1. The molecule has 0 bridgehead atoms. The highest BCUT2D eigenvalue weighted by Gasteiger charge is 2.13. The van der Waals surface area contributed by atoms with Gasteiger partial charge in [-0.1, -0.05) is 0 Å². The number of carbonyl (C=O) groups is 1. The van der Waals surface area contributed by atoms with Gasteiger partial charge >= 0.3 is 5.97 Å². The third-order valence-corrected chi connectivity index (χ3v) is 3.16. The van der Waals surface area contributed by atoms with E-state index in [1.807, 2.05) is 13.0 Å². The maximum atomic E-state index is 11.7. The van der Waals surface area contributed by atoms with Gasteiger partial charge in [0.1, 0.15) is 5.82 Å². The molecule has 0 aliphatic carbocycles. The average Bonchev–Trinajstić information content (AvgIpc) is 2.77. The van der Waals surface area contributed by atoms with Crippen molar-refractivity contribution in [3.8, 4) is 0 Å². The molecular weight excluding hydrogens is 264 g/mol. The molecule has 3 N–H and O–H groups in total. The summed E-state index contributed by atoms with van der Waals surface area (Å²) in [6.45, 7) is 3.89. The van der Waals surface area contributed by atoms with E-state index in [1.54, 1.807) is 19.1 Å². The number of ether oxygens (including phenoxy) is 1. The van der Waals surface area contributed by atoms with Gasteiger partial charge in [-0.15, -0.1) is 5.10 Å². The summed E-state index contributed by atoms with van der Waals surface area (Å²) in [7, 11) is 0. The molecule has 0 fully saturated rings. The topological polar surface area (TPSA) is 93.9 Å². The van der Waals surface area contributed by atoms with Crippen LogP contribution in [0.15, 0.2) is 28.3 Å². The largest absolute Gasteiger partial charge is 0.462 e. The first-order valence-electron chi connectivity index (χ1n) is 5.73. The number of carbonyl (C=O) groups excluding carboxylic acids is 1. The fourth-order valence-corrected chi connectivity index (χ4v) is 2.26. The average molecular weight is 278 g/mol. The van der Waals surface area contributed by atoms with Crippen LogP contribution < -0.4 is 5.73 Å². The van der Waals surface area contributed by atoms with Gasteiger partial charge < -0.3 is 10.5 Å². The van der Waals surface area contributed by atoms with Crippen molar-refractivity contribution in [2.75, 3.05) is 12.3 Å². The molecule has 1 aromatic carbocycles. The second-order valence-electron chi connectivity index (χ2n) is 3.77. The Balaban J connectivity index is 2.23. The molecule has 0 radical (unpaired) electrons. The molecule has 0 saturated carbocycles. The molecule has 0 aliphatic heterocycles. The van der Waals surface area contributed by atoms with E-state index in [-0.39, 0.29) is 0 Å². The standard InChI is InChI=1S/C12H14N4O2S/c1-3-18-11(17)9-6-8(4-5-10(9)13)19-12-14-7(2)15-16-12/h4-6H,3,13H2,1-2H3,(H,14,15,16). The first-order chi connectivity index (χ1) is 9.10. The number of esters is 1. The Labute approximate surface area is 114 Å². The summed E-state index contributed by atoms with van der Waals surface area (Å²) in [5.74, 6) is 0.317. The minimum atomic E-state index is -0.423. The van der Waals surface area contributed by atoms with Gasteiger partial charge in [-0.3, -0.25) is 5.10 Å². The molecule has 100 valence electrons. The number of anilines is 1. The summed E-state index contributed by atoms with van der Waals surface area (Å²) in [4.78, 5) is 16.7. The molecule has 2 aromatic rings. The van der Waals surface area contributed by atoms with Crippen LogP contribution in [-0.4, -0.2) is 27.8 Å². The number of benzene rings is 1. The van der Waals surface area contributed by atoms with E-state index < -0.39 is 5.97 Å². The van der Waals surface area contributed by atoms with Gasteiger partial charge in [-0.25, -0.2) is 9.78 Å². The van der Waals surface area contributed by atoms with Crippen molar-refractivity contribution in [1.82, 2.24) is 15.2 Å². The molecule has 0 saturated heterocycles. The number of nitrogens with two attached hydrogens (primary N) is 1. The van der Waals surface area contributed by atoms with Gasteiger partial charge in [0.15, 0.2) is 0 Å². The third-order valence-electron chi connectivity index (χ3n) is 2.31. The number of aromatic nitrogens is 3. The highest BCUT2D eigenvalue weighted by atomic mass is 32.2. The maximum absolute atomic E-state index is 11.7. The van der Waals surface area contributed by atoms with Crippen molar-refractivity contribution in [3.05, 3.63) is 29.6 Å². The van der Waals surface area contributed by atoms with Crippen LogP contribution in [0.3, 0.4) is 0 Å². The Morgan fingerprint density at radius 3 is 2.95 bits per heavy atom. The molecule has 1 aromatic heterocycles. The van der Waals surface area contributed by atoms with Crippen LogP contribution in [-0.2, 0) is 4.74 Å². The Hall–Kier alpha value is -2.02. The molecule has 0 unspecified atom stereocenters. The van der Waals surface area contributed by atoms with E-state index >= 15 is 0 Å². The van der Waals surface area contributed by atoms with Crippen molar-refractivity contribution in [1.29, 1.82) is 0 Å². The van der Waals surface area contributed by atoms with Gasteiger partial charge in [0.2, 0.25) is 5.16 Å². The number of rotatable bonds is 4. The SMILES string of the molecule is CCOC(=O)c1cc(Sc2n[nH]c(C)n2)ccc1N. The fourth-order valence-electron chi connectivity index (χ4n) is 1.46. The molecule has 0 amide bonds. The molecule has 0 atom stereocenters. The smallest absolute Gasteiger partial charge is 0.340 e. The Bertz CT molecular complexity index is 597. The number of hydrogen-bond donors (Lipinski definition) is 2. The van der Waals surface area contributed by atoms with Crippen LogP contribution in [0.5, 0.6) is 0 Å². The van der Waals surface area contributed by atoms with Crippen LogP contribution >= 0.6 is 11.8 Å². The second kappa shape index (κ2) is 5.75. The minimum absolute atomic E-state index is 0.315. The van der Waals surface area contributed by atoms with E-state index in [0.29, 0.717) is 23.0 Å². The normalized spacial score (nSPS) is 10.4. The molecular formula is C12H14N4O2S. The highest BCUT2D eigenvalue weighted by molar-refractivity contribution is 7.99. The van der Waals surface area contributed by atoms with Gasteiger partial charge in [-0.2, -0.15) is 0 Å². The zero-order chi connectivity index (χ0) is 13.8. The van der Waals surface area contributed by atoms with Crippen LogP contribution in [0.25, 0.3) is 0 Å². The van der Waals surface area contributed by atoms with Crippen molar-refractivity contribution >= 4 is 23.4 Å². The van der Waals surface area contributed by atoms with Crippen molar-refractivity contribution in [2.45, 2.75) is 23.9 Å². The molecule has 0 spiro atoms. The van der Waals surface area contributed by atoms with Crippen molar-refractivity contribution < 1.29 is 9.53 Å². The number of H-pyrrole nitrogens is 1. The summed E-state index contributed by atoms with van der Waals surface area (Å²) in [6, 6.07) is 5.17. The lowest BCUT2D eigenvalue weighted by Gasteiger charge is -2.06. The number of nitrogens with zero attached hydrogens (tertiary/aromatic N) is 2. The van der Waals surface area contributed by atoms with Gasteiger partial charge in [0.25, 0.3) is 0 Å². The molecule has 1 heterocycles. The highest BCUT2D eigenvalue weighted by Crippen LogP contribution is 2.27. The third kappa shape index (κ3) is 3.25. The summed E-state index contributed by atoms with van der Waals surface area (Å²) in [6.07, 6.45) is 0. The molecule has 6 nitrogen and oxygen atoms in total. The zero-order valence-corrected chi connectivity index (χ0v) is 11.5. The predicted octanol–water partition coefficient (Wildman–Crippen LogP) is 2.02. The second-order valence-corrected chi connectivity index (χ2v) is 4.82. The molecule has 19 heavy (non-hydrogen) atoms. The summed E-state index contributed by atoms with van der Waals surface area (Å²) >= 11 is 1.35. The van der Waals surface area contributed by atoms with Gasteiger partial charge in [0, 0.05) is 10.6 Å². The van der Waals surface area contributed by atoms with Crippen molar-refractivity contribution in [2.24, 2.45) is 0 Å². The summed E-state index contributed by atoms with van der Waals surface area (Å²) in [5.41, 5.74) is 6.53. The zero-order valence-electron chi connectivity index (χ0n) is 10.6. The van der Waals surface area contributed by atoms with E-state index in [9.17, 15) is 4.79 Å². The summed E-state index contributed by atoms with van der Waals surface area (Å²) in [5, 5.41) is 7.38. The lowest BCUT2D eigenvalue weighted by molar-refractivity contribution is 0.0527. The number of hydrogen-bond acceptors (Lipinski definition) is 6. The van der Waals surface area contributed by atoms with Crippen LogP contribution in [0.1, 0.15) is 23.1 Å². The number of aryl methyl sites for hydroxylation is 1. The maximum Gasteiger partial charge on any atom is 0.340 e. The number of aromatic amines is 1. The molecule has 0 aliphatic rings. The van der Waals surface area contributed by atoms with E-state index in [2.05, 4.69) is 15.2 Å². The lowest BCUT2D eigenvalue weighted by Crippen LogP contribution is -2.07. The van der Waals surface area contributed by atoms with Crippen LogP contribution in [0.4, 0.5) is 5.69 Å². The minimum Gasteiger partial charge on any atom is -0.462 e. The van der Waals surface area contributed by atoms with Gasteiger partial charge in [0.05, 0.1) is 12.2 Å². The van der Waals surface area contributed by atoms with E-state index in [0.717, 1.165) is 10.7 Å². The number of nitrogens with one attached hydrogen (secondary N) is 1. The van der Waals surface area contributed by atoms with E-state index in [1.165, 1.54) is 11.8 Å². The first-order valence-corrected chi connectivity index (χ1v) is 6.55. The fraction of sp³-hybridized carbons (Fsp3) is 0.250. The quantitative estimate of drug-likeness (QED) is 0.656.